The van der Waals surface area contributed by atoms with Crippen molar-refractivity contribution < 1.29 is 19.7 Å². The summed E-state index contributed by atoms with van der Waals surface area (Å²) < 4.78 is 4.88. The van der Waals surface area contributed by atoms with Crippen LogP contribution < -0.4 is 0 Å². The summed E-state index contributed by atoms with van der Waals surface area (Å²) in [4.78, 5) is 11.4. The smallest absolute Gasteiger partial charge is 0.312 e. The average Bonchev–Trinajstić information content (AvgIpc) is 2.65. The highest BCUT2D eigenvalue weighted by Gasteiger charge is 2.41. The van der Waals surface area contributed by atoms with E-state index in [2.05, 4.69) is 13.8 Å². The van der Waals surface area contributed by atoms with Crippen LogP contribution >= 0.6 is 0 Å². The number of hydrogen-bond donors (Lipinski definition) is 2. The Hall–Kier alpha value is -0.610. The van der Waals surface area contributed by atoms with E-state index in [1.807, 2.05) is 0 Å². The molecule has 1 saturated heterocycles. The molecule has 0 aromatic rings. The lowest BCUT2D eigenvalue weighted by atomic mass is 9.88. The standard InChI is InChI=1S/C13H24O4/c1-9(2)5-3-4-6-11(15)12-10(7-14)8-17-13(12)16/h9-12,14-15H,3-8H2,1-2H3/t10-,11+,12-/m1/s1. The summed E-state index contributed by atoms with van der Waals surface area (Å²) in [6.45, 7) is 4.49. The van der Waals surface area contributed by atoms with Crippen molar-refractivity contribution in [3.8, 4) is 0 Å². The van der Waals surface area contributed by atoms with Crippen molar-refractivity contribution in [2.24, 2.45) is 17.8 Å². The highest BCUT2D eigenvalue weighted by Crippen LogP contribution is 2.27. The molecule has 0 spiro atoms. The van der Waals surface area contributed by atoms with Crippen LogP contribution in [0.2, 0.25) is 0 Å². The summed E-state index contributed by atoms with van der Waals surface area (Å²) in [5.74, 6) is -0.448. The predicted octanol–water partition coefficient (Wildman–Crippen LogP) is 1.35. The second-order valence-corrected chi connectivity index (χ2v) is 5.34. The molecular weight excluding hydrogens is 220 g/mol. The molecule has 0 radical (unpaired) electrons. The number of aliphatic hydroxyl groups is 2. The van der Waals surface area contributed by atoms with Crippen molar-refractivity contribution in [1.82, 2.24) is 0 Å². The number of esters is 1. The molecule has 1 fully saturated rings. The van der Waals surface area contributed by atoms with Crippen molar-refractivity contribution in [1.29, 1.82) is 0 Å². The first-order valence-corrected chi connectivity index (χ1v) is 6.51. The molecule has 0 aromatic heterocycles. The number of carbonyl (C=O) groups is 1. The molecule has 1 rings (SSSR count). The molecule has 0 saturated carbocycles. The largest absolute Gasteiger partial charge is 0.465 e. The Morgan fingerprint density at radius 1 is 1.35 bits per heavy atom. The van der Waals surface area contributed by atoms with E-state index in [4.69, 9.17) is 9.84 Å². The second-order valence-electron chi connectivity index (χ2n) is 5.34. The van der Waals surface area contributed by atoms with Gasteiger partial charge < -0.3 is 14.9 Å². The van der Waals surface area contributed by atoms with Gasteiger partial charge in [-0.1, -0.05) is 33.1 Å². The molecule has 0 bridgehead atoms. The summed E-state index contributed by atoms with van der Waals surface area (Å²) in [6.07, 6.45) is 3.07. The van der Waals surface area contributed by atoms with Crippen molar-refractivity contribution in [3.05, 3.63) is 0 Å². The zero-order valence-corrected chi connectivity index (χ0v) is 10.8. The van der Waals surface area contributed by atoms with Crippen LogP contribution in [0.1, 0.15) is 39.5 Å². The number of carbonyl (C=O) groups excluding carboxylic acids is 1. The maximum absolute atomic E-state index is 11.4. The van der Waals surface area contributed by atoms with E-state index < -0.39 is 12.0 Å². The van der Waals surface area contributed by atoms with Gasteiger partial charge >= 0.3 is 5.97 Å². The fourth-order valence-corrected chi connectivity index (χ4v) is 2.30. The highest BCUT2D eigenvalue weighted by molar-refractivity contribution is 5.75. The lowest BCUT2D eigenvalue weighted by molar-refractivity contribution is -0.144. The first-order chi connectivity index (χ1) is 8.06. The maximum Gasteiger partial charge on any atom is 0.312 e. The molecule has 100 valence electrons. The zero-order chi connectivity index (χ0) is 12.8. The first kappa shape index (κ1) is 14.5. The van der Waals surface area contributed by atoms with Crippen LogP contribution in [0.3, 0.4) is 0 Å². The third-order valence-corrected chi connectivity index (χ3v) is 3.40. The summed E-state index contributed by atoms with van der Waals surface area (Å²) in [6, 6.07) is 0. The minimum absolute atomic E-state index is 0.0978. The van der Waals surface area contributed by atoms with Crippen molar-refractivity contribution >= 4 is 5.97 Å². The van der Waals surface area contributed by atoms with Crippen molar-refractivity contribution in [2.45, 2.75) is 45.6 Å². The summed E-state index contributed by atoms with van der Waals surface area (Å²) >= 11 is 0. The number of cyclic esters (lactones) is 1. The lowest BCUT2D eigenvalue weighted by Gasteiger charge is -2.19. The van der Waals surface area contributed by atoms with Crippen LogP contribution in [0, 0.1) is 17.8 Å². The second kappa shape index (κ2) is 6.97. The Labute approximate surface area is 103 Å². The van der Waals surface area contributed by atoms with E-state index in [1.54, 1.807) is 0 Å². The van der Waals surface area contributed by atoms with Gasteiger partial charge in [0.25, 0.3) is 0 Å². The van der Waals surface area contributed by atoms with E-state index in [0.29, 0.717) is 12.3 Å². The van der Waals surface area contributed by atoms with Gasteiger partial charge in [-0.2, -0.15) is 0 Å². The van der Waals surface area contributed by atoms with Gasteiger partial charge in [-0.15, -0.1) is 0 Å². The molecule has 0 aromatic carbocycles. The third-order valence-electron chi connectivity index (χ3n) is 3.40. The van der Waals surface area contributed by atoms with E-state index in [-0.39, 0.29) is 25.1 Å². The molecule has 17 heavy (non-hydrogen) atoms. The van der Waals surface area contributed by atoms with E-state index in [0.717, 1.165) is 19.3 Å². The molecule has 4 nitrogen and oxygen atoms in total. The van der Waals surface area contributed by atoms with Crippen LogP contribution in [0.4, 0.5) is 0 Å². The Bertz CT molecular complexity index is 240. The van der Waals surface area contributed by atoms with Crippen LogP contribution in [0.5, 0.6) is 0 Å². The summed E-state index contributed by atoms with van der Waals surface area (Å²) in [5, 5.41) is 19.1. The number of unbranched alkanes of at least 4 members (excludes halogenated alkanes) is 1. The SMILES string of the molecule is CC(C)CCCC[C@H](O)[C@@H]1C(=O)OC[C@H]1CO. The summed E-state index contributed by atoms with van der Waals surface area (Å²) in [7, 11) is 0. The lowest BCUT2D eigenvalue weighted by Crippen LogP contribution is -2.31. The number of rotatable bonds is 7. The van der Waals surface area contributed by atoms with Gasteiger partial charge in [0, 0.05) is 5.92 Å². The molecule has 1 aliphatic rings. The van der Waals surface area contributed by atoms with Crippen LogP contribution in [-0.4, -0.2) is 35.5 Å². The maximum atomic E-state index is 11.4. The average molecular weight is 244 g/mol. The van der Waals surface area contributed by atoms with Gasteiger partial charge in [-0.3, -0.25) is 4.79 Å². The highest BCUT2D eigenvalue weighted by atomic mass is 16.5. The molecule has 0 amide bonds. The molecular formula is C13H24O4. The van der Waals surface area contributed by atoms with Gasteiger partial charge in [0.05, 0.1) is 25.2 Å². The molecule has 0 unspecified atom stereocenters. The van der Waals surface area contributed by atoms with Crippen LogP contribution in [-0.2, 0) is 9.53 Å². The number of ether oxygens (including phenoxy) is 1. The van der Waals surface area contributed by atoms with E-state index in [9.17, 15) is 9.90 Å². The molecule has 1 heterocycles. The normalized spacial score (nSPS) is 26.3. The predicted molar refractivity (Wildman–Crippen MR) is 64.3 cm³/mol. The minimum atomic E-state index is -0.672. The Balaban J connectivity index is 2.30. The molecule has 1 aliphatic heterocycles. The zero-order valence-electron chi connectivity index (χ0n) is 10.8. The molecule has 0 aliphatic carbocycles. The number of hydrogen-bond acceptors (Lipinski definition) is 4. The first-order valence-electron chi connectivity index (χ1n) is 6.51. The Morgan fingerprint density at radius 3 is 2.59 bits per heavy atom. The van der Waals surface area contributed by atoms with Crippen LogP contribution in [0.25, 0.3) is 0 Å². The van der Waals surface area contributed by atoms with Crippen LogP contribution in [0.15, 0.2) is 0 Å². The van der Waals surface area contributed by atoms with E-state index in [1.165, 1.54) is 0 Å². The number of aliphatic hydroxyl groups excluding tert-OH is 2. The van der Waals surface area contributed by atoms with E-state index >= 15 is 0 Å². The Morgan fingerprint density at radius 2 is 2.00 bits per heavy atom. The summed E-state index contributed by atoms with van der Waals surface area (Å²) in [5.41, 5.74) is 0. The third kappa shape index (κ3) is 4.28. The van der Waals surface area contributed by atoms with Gasteiger partial charge in [0.15, 0.2) is 0 Å². The monoisotopic (exact) mass is 244 g/mol. The van der Waals surface area contributed by atoms with Gasteiger partial charge in [-0.05, 0) is 12.3 Å². The fourth-order valence-electron chi connectivity index (χ4n) is 2.30. The van der Waals surface area contributed by atoms with Crippen molar-refractivity contribution in [2.75, 3.05) is 13.2 Å². The molecule has 4 heteroatoms. The van der Waals surface area contributed by atoms with Crippen molar-refractivity contribution in [3.63, 3.8) is 0 Å². The fraction of sp³-hybridized carbons (Fsp3) is 0.923. The minimum Gasteiger partial charge on any atom is -0.465 e. The topological polar surface area (TPSA) is 66.8 Å². The van der Waals surface area contributed by atoms with Gasteiger partial charge in [0.2, 0.25) is 0 Å². The van der Waals surface area contributed by atoms with Gasteiger partial charge in [0.1, 0.15) is 0 Å². The molecule has 3 atom stereocenters. The Kier molecular flexibility index (Phi) is 5.92. The molecule has 2 N–H and O–H groups in total. The quantitative estimate of drug-likeness (QED) is 0.524. The van der Waals surface area contributed by atoms with Gasteiger partial charge in [-0.25, -0.2) is 0 Å².